The van der Waals surface area contributed by atoms with E-state index in [4.69, 9.17) is 0 Å². The van der Waals surface area contributed by atoms with Gasteiger partial charge < -0.3 is 10.6 Å². The highest BCUT2D eigenvalue weighted by Crippen LogP contribution is 2.19. The molecule has 0 radical (unpaired) electrons. The van der Waals surface area contributed by atoms with Gasteiger partial charge in [0.25, 0.3) is 11.8 Å². The molecule has 0 spiro atoms. The van der Waals surface area contributed by atoms with Gasteiger partial charge in [-0.3, -0.25) is 9.59 Å². The first-order chi connectivity index (χ1) is 11.1. The molecule has 1 aromatic heterocycles. The second-order valence-electron chi connectivity index (χ2n) is 5.83. The van der Waals surface area contributed by atoms with Crippen LogP contribution in [0.25, 0.3) is 0 Å². The Morgan fingerprint density at radius 3 is 2.48 bits per heavy atom. The topological polar surface area (TPSA) is 71.1 Å². The first-order valence-corrected chi connectivity index (χ1v) is 7.73. The molecule has 0 bridgehead atoms. The molecule has 2 amide bonds. The smallest absolute Gasteiger partial charge is 0.270 e. The van der Waals surface area contributed by atoms with Crippen molar-refractivity contribution in [2.45, 2.75) is 32.4 Å². The van der Waals surface area contributed by atoms with E-state index >= 15 is 0 Å². The highest BCUT2D eigenvalue weighted by molar-refractivity contribution is 5.96. The van der Waals surface area contributed by atoms with Crippen LogP contribution in [0.3, 0.4) is 0 Å². The third-order valence-electron chi connectivity index (χ3n) is 3.66. The lowest BCUT2D eigenvalue weighted by Crippen LogP contribution is -2.28. The van der Waals surface area contributed by atoms with E-state index in [1.165, 1.54) is 0 Å². The summed E-state index contributed by atoms with van der Waals surface area (Å²) in [6.07, 6.45) is 2.03. The van der Waals surface area contributed by atoms with Crippen LogP contribution in [0.2, 0.25) is 0 Å². The van der Waals surface area contributed by atoms with Gasteiger partial charge in [-0.2, -0.15) is 0 Å². The van der Waals surface area contributed by atoms with Crippen molar-refractivity contribution in [2.75, 3.05) is 0 Å². The number of carbonyl (C=O) groups excluding carboxylic acids is 2. The van der Waals surface area contributed by atoms with E-state index in [2.05, 4.69) is 15.6 Å². The summed E-state index contributed by atoms with van der Waals surface area (Å²) in [6, 6.07) is 13.1. The van der Waals surface area contributed by atoms with E-state index in [9.17, 15) is 9.59 Å². The lowest BCUT2D eigenvalue weighted by Gasteiger charge is -2.07. The van der Waals surface area contributed by atoms with Gasteiger partial charge >= 0.3 is 0 Å². The summed E-state index contributed by atoms with van der Waals surface area (Å²) in [4.78, 5) is 28.3. The molecule has 0 saturated heterocycles. The van der Waals surface area contributed by atoms with Crippen LogP contribution >= 0.6 is 0 Å². The van der Waals surface area contributed by atoms with E-state index < -0.39 is 0 Å². The van der Waals surface area contributed by atoms with E-state index in [1.54, 1.807) is 18.2 Å². The molecule has 2 N–H and O–H groups in total. The Morgan fingerprint density at radius 1 is 1.09 bits per heavy atom. The number of aromatic nitrogens is 1. The molecule has 118 valence electrons. The number of benzene rings is 1. The molecule has 1 aliphatic rings. The number of amides is 2. The van der Waals surface area contributed by atoms with Crippen molar-refractivity contribution < 1.29 is 9.59 Å². The molecule has 23 heavy (non-hydrogen) atoms. The van der Waals surface area contributed by atoms with Crippen molar-refractivity contribution in [2.24, 2.45) is 0 Å². The highest BCUT2D eigenvalue weighted by atomic mass is 16.2. The Hall–Kier alpha value is -2.69. The molecule has 0 atom stereocenters. The number of hydrogen-bond donors (Lipinski definition) is 2. The summed E-state index contributed by atoms with van der Waals surface area (Å²) in [5, 5.41) is 5.70. The predicted molar refractivity (Wildman–Crippen MR) is 87.1 cm³/mol. The minimum Gasteiger partial charge on any atom is -0.348 e. The number of nitrogens with one attached hydrogen (secondary N) is 2. The van der Waals surface area contributed by atoms with Gasteiger partial charge in [0.2, 0.25) is 0 Å². The van der Waals surface area contributed by atoms with Crippen molar-refractivity contribution in [1.29, 1.82) is 0 Å². The number of carbonyl (C=O) groups is 2. The first-order valence-electron chi connectivity index (χ1n) is 7.73. The first kappa shape index (κ1) is 15.2. The molecule has 1 fully saturated rings. The molecule has 0 unspecified atom stereocenters. The normalized spacial score (nSPS) is 13.4. The van der Waals surface area contributed by atoms with Crippen LogP contribution in [0, 0.1) is 6.92 Å². The predicted octanol–water partition coefficient (Wildman–Crippen LogP) is 2.21. The lowest BCUT2D eigenvalue weighted by molar-refractivity contribution is 0.0941. The molecule has 5 nitrogen and oxygen atoms in total. The Bertz CT molecular complexity index is 739. The molecule has 5 heteroatoms. The third-order valence-corrected chi connectivity index (χ3v) is 3.66. The molecular weight excluding hydrogens is 290 g/mol. The minimum atomic E-state index is -0.285. The fourth-order valence-electron chi connectivity index (χ4n) is 2.27. The summed E-state index contributed by atoms with van der Waals surface area (Å²) in [6.45, 7) is 2.44. The lowest BCUT2D eigenvalue weighted by atomic mass is 10.1. The Morgan fingerprint density at radius 2 is 1.78 bits per heavy atom. The maximum absolute atomic E-state index is 12.2. The summed E-state index contributed by atoms with van der Waals surface area (Å²) in [5.41, 5.74) is 2.70. The molecule has 1 aromatic carbocycles. The molecular formula is C18H19N3O2. The van der Waals surface area contributed by atoms with Gasteiger partial charge in [0, 0.05) is 12.6 Å². The average Bonchev–Trinajstić information content (AvgIpc) is 3.37. The second kappa shape index (κ2) is 6.60. The van der Waals surface area contributed by atoms with Crippen molar-refractivity contribution in [3.05, 3.63) is 65.0 Å². The molecule has 1 aliphatic carbocycles. The Balaban J connectivity index is 1.63. The van der Waals surface area contributed by atoms with Crippen molar-refractivity contribution >= 4 is 11.8 Å². The quantitative estimate of drug-likeness (QED) is 0.889. The van der Waals surface area contributed by atoms with E-state index in [-0.39, 0.29) is 29.2 Å². The van der Waals surface area contributed by atoms with Gasteiger partial charge in [0.15, 0.2) is 0 Å². The standard InChI is InChI=1S/C18H19N3O2/c1-12-4-2-5-13(10-12)11-19-17(22)15-6-3-7-16(21-15)18(23)20-14-8-9-14/h2-7,10,14H,8-9,11H2,1H3,(H,19,22)(H,20,23). The number of aryl methyl sites for hydroxylation is 1. The molecule has 3 rings (SSSR count). The summed E-state index contributed by atoms with van der Waals surface area (Å²) in [5.74, 6) is -0.506. The van der Waals surface area contributed by atoms with Crippen molar-refractivity contribution in [3.8, 4) is 0 Å². The van der Waals surface area contributed by atoms with Crippen LogP contribution in [0.15, 0.2) is 42.5 Å². The second-order valence-corrected chi connectivity index (χ2v) is 5.83. The Labute approximate surface area is 135 Å². The maximum Gasteiger partial charge on any atom is 0.270 e. The largest absolute Gasteiger partial charge is 0.348 e. The van der Waals surface area contributed by atoms with Gasteiger partial charge in [0.1, 0.15) is 11.4 Å². The highest BCUT2D eigenvalue weighted by Gasteiger charge is 2.24. The SMILES string of the molecule is Cc1cccc(CNC(=O)c2cccc(C(=O)NC3CC3)n2)c1. The number of hydrogen-bond acceptors (Lipinski definition) is 3. The van der Waals surface area contributed by atoms with Crippen LogP contribution < -0.4 is 10.6 Å². The minimum absolute atomic E-state index is 0.221. The fourth-order valence-corrected chi connectivity index (χ4v) is 2.27. The zero-order chi connectivity index (χ0) is 16.2. The number of nitrogens with zero attached hydrogens (tertiary/aromatic N) is 1. The van der Waals surface area contributed by atoms with E-state index in [1.807, 2.05) is 31.2 Å². The zero-order valence-corrected chi connectivity index (χ0v) is 13.0. The average molecular weight is 309 g/mol. The van der Waals surface area contributed by atoms with Gasteiger partial charge in [-0.1, -0.05) is 35.9 Å². The monoisotopic (exact) mass is 309 g/mol. The fraction of sp³-hybridized carbons (Fsp3) is 0.278. The van der Waals surface area contributed by atoms with Crippen LogP contribution in [0.5, 0.6) is 0 Å². The zero-order valence-electron chi connectivity index (χ0n) is 13.0. The van der Waals surface area contributed by atoms with Gasteiger partial charge in [-0.05, 0) is 37.5 Å². The van der Waals surface area contributed by atoms with E-state index in [0.29, 0.717) is 6.54 Å². The summed E-state index contributed by atoms with van der Waals surface area (Å²) < 4.78 is 0. The van der Waals surface area contributed by atoms with Crippen LogP contribution in [0.4, 0.5) is 0 Å². The van der Waals surface area contributed by atoms with Gasteiger partial charge in [-0.15, -0.1) is 0 Å². The van der Waals surface area contributed by atoms with Crippen molar-refractivity contribution in [1.82, 2.24) is 15.6 Å². The van der Waals surface area contributed by atoms with Crippen LogP contribution in [-0.4, -0.2) is 22.8 Å². The molecule has 1 heterocycles. The number of pyridine rings is 1. The Kier molecular flexibility index (Phi) is 4.37. The third kappa shape index (κ3) is 4.16. The summed E-state index contributed by atoms with van der Waals surface area (Å²) >= 11 is 0. The van der Waals surface area contributed by atoms with Gasteiger partial charge in [0.05, 0.1) is 0 Å². The van der Waals surface area contributed by atoms with E-state index in [0.717, 1.165) is 24.0 Å². The van der Waals surface area contributed by atoms with Gasteiger partial charge in [-0.25, -0.2) is 4.98 Å². The molecule has 2 aromatic rings. The van der Waals surface area contributed by atoms with Crippen molar-refractivity contribution in [3.63, 3.8) is 0 Å². The van der Waals surface area contributed by atoms with Crippen LogP contribution in [0.1, 0.15) is 44.9 Å². The molecule has 0 aliphatic heterocycles. The molecule has 1 saturated carbocycles. The maximum atomic E-state index is 12.2. The summed E-state index contributed by atoms with van der Waals surface area (Å²) in [7, 11) is 0. The van der Waals surface area contributed by atoms with Crippen LogP contribution in [-0.2, 0) is 6.54 Å². The number of rotatable bonds is 5.